The number of aromatic nitrogens is 3. The van der Waals surface area contributed by atoms with E-state index in [-0.39, 0.29) is 0 Å². The van der Waals surface area contributed by atoms with Gasteiger partial charge in [0.1, 0.15) is 11.8 Å². The molecule has 6 nitrogen and oxygen atoms in total. The summed E-state index contributed by atoms with van der Waals surface area (Å²) in [5, 5.41) is 18.2. The van der Waals surface area contributed by atoms with Crippen LogP contribution in [0.2, 0.25) is 0 Å². The largest absolute Gasteiger partial charge is 0.490 e. The molecule has 2 heterocycles. The lowest BCUT2D eigenvalue weighted by atomic mass is 10.1. The molecule has 2 aromatic rings. The van der Waals surface area contributed by atoms with Crippen molar-refractivity contribution in [1.29, 1.82) is 0 Å². The van der Waals surface area contributed by atoms with Crippen LogP contribution in [0.5, 0.6) is 11.5 Å². The van der Waals surface area contributed by atoms with E-state index in [9.17, 15) is 5.11 Å². The summed E-state index contributed by atoms with van der Waals surface area (Å²) in [6.07, 6.45) is 0.0190. The lowest BCUT2D eigenvalue weighted by molar-refractivity contribution is 0.208. The van der Waals surface area contributed by atoms with E-state index in [0.717, 1.165) is 6.42 Å². The number of halogens is 1. The summed E-state index contributed by atoms with van der Waals surface area (Å²) in [6, 6.07) is 5.43. The van der Waals surface area contributed by atoms with Gasteiger partial charge in [0.25, 0.3) is 0 Å². The van der Waals surface area contributed by atoms with E-state index in [1.54, 1.807) is 13.1 Å². The molecule has 0 fully saturated rings. The van der Waals surface area contributed by atoms with Crippen LogP contribution in [0.3, 0.4) is 0 Å². The molecule has 0 saturated carbocycles. The summed E-state index contributed by atoms with van der Waals surface area (Å²) < 4.78 is 13.3. The zero-order valence-electron chi connectivity index (χ0n) is 10.9. The van der Waals surface area contributed by atoms with Crippen LogP contribution in [0.1, 0.15) is 23.8 Å². The van der Waals surface area contributed by atoms with E-state index >= 15 is 0 Å². The molecule has 1 atom stereocenters. The minimum absolute atomic E-state index is 0.527. The van der Waals surface area contributed by atoms with Gasteiger partial charge in [0.15, 0.2) is 16.1 Å². The lowest BCUT2D eigenvalue weighted by Crippen LogP contribution is -2.07. The third-order valence-corrected chi connectivity index (χ3v) is 3.74. The third kappa shape index (κ3) is 2.38. The SMILES string of the molecule is Cn1nnc(Br)c1C(O)c1ccc2c(c1)OCCCO2. The molecule has 0 bridgehead atoms. The number of benzene rings is 1. The van der Waals surface area contributed by atoms with E-state index in [2.05, 4.69) is 26.2 Å². The van der Waals surface area contributed by atoms with E-state index in [1.165, 1.54) is 4.68 Å². The highest BCUT2D eigenvalue weighted by Gasteiger charge is 2.21. The van der Waals surface area contributed by atoms with Gasteiger partial charge >= 0.3 is 0 Å². The molecule has 20 heavy (non-hydrogen) atoms. The Morgan fingerprint density at radius 1 is 1.30 bits per heavy atom. The second kappa shape index (κ2) is 5.41. The van der Waals surface area contributed by atoms with Crippen LogP contribution < -0.4 is 9.47 Å². The van der Waals surface area contributed by atoms with E-state index in [4.69, 9.17) is 9.47 Å². The fourth-order valence-electron chi connectivity index (χ4n) is 2.14. The number of aryl methyl sites for hydroxylation is 1. The van der Waals surface area contributed by atoms with Crippen LogP contribution in [-0.4, -0.2) is 33.3 Å². The molecular weight excluding hydrogens is 326 g/mol. The number of fused-ring (bicyclic) bond motifs is 1. The van der Waals surface area contributed by atoms with Gasteiger partial charge in [-0.25, -0.2) is 4.68 Å². The van der Waals surface area contributed by atoms with Crippen molar-refractivity contribution >= 4 is 15.9 Å². The van der Waals surface area contributed by atoms with Crippen LogP contribution in [0, 0.1) is 0 Å². The predicted octanol–water partition coefficient (Wildman–Crippen LogP) is 1.82. The van der Waals surface area contributed by atoms with Crippen molar-refractivity contribution in [2.24, 2.45) is 7.05 Å². The van der Waals surface area contributed by atoms with Gasteiger partial charge in [0, 0.05) is 13.5 Å². The van der Waals surface area contributed by atoms with Crippen LogP contribution >= 0.6 is 15.9 Å². The summed E-state index contributed by atoms with van der Waals surface area (Å²) in [5.41, 5.74) is 1.31. The number of aliphatic hydroxyl groups excluding tert-OH is 1. The van der Waals surface area contributed by atoms with E-state index < -0.39 is 6.10 Å². The average Bonchev–Trinajstić information content (AvgIpc) is 2.66. The Morgan fingerprint density at radius 2 is 2.05 bits per heavy atom. The van der Waals surface area contributed by atoms with Gasteiger partial charge in [-0.2, -0.15) is 0 Å². The second-order valence-electron chi connectivity index (χ2n) is 4.55. The zero-order valence-corrected chi connectivity index (χ0v) is 12.5. The second-order valence-corrected chi connectivity index (χ2v) is 5.30. The smallest absolute Gasteiger partial charge is 0.161 e. The first-order chi connectivity index (χ1) is 9.66. The molecule has 1 aromatic carbocycles. The summed E-state index contributed by atoms with van der Waals surface area (Å²) >= 11 is 3.29. The summed E-state index contributed by atoms with van der Waals surface area (Å²) in [4.78, 5) is 0. The Hall–Kier alpha value is -1.60. The maximum absolute atomic E-state index is 10.5. The zero-order chi connectivity index (χ0) is 14.1. The molecule has 1 unspecified atom stereocenters. The standard InChI is InChI=1S/C13H14BrN3O3/c1-17-11(13(14)15-16-17)12(18)8-3-4-9-10(7-8)20-6-2-5-19-9/h3-4,7,12,18H,2,5-6H2,1H3. The van der Waals surface area contributed by atoms with Gasteiger partial charge in [-0.1, -0.05) is 11.3 Å². The molecule has 1 aliphatic heterocycles. The van der Waals surface area contributed by atoms with Gasteiger partial charge in [-0.3, -0.25) is 0 Å². The highest BCUT2D eigenvalue weighted by atomic mass is 79.9. The molecule has 1 aliphatic rings. The van der Waals surface area contributed by atoms with Gasteiger partial charge in [-0.05, 0) is 33.6 Å². The first-order valence-electron chi connectivity index (χ1n) is 6.29. The van der Waals surface area contributed by atoms with Crippen LogP contribution in [0.15, 0.2) is 22.8 Å². The van der Waals surface area contributed by atoms with Crippen LogP contribution in [0.25, 0.3) is 0 Å². The predicted molar refractivity (Wildman–Crippen MR) is 74.8 cm³/mol. The summed E-state index contributed by atoms with van der Waals surface area (Å²) in [7, 11) is 1.74. The minimum Gasteiger partial charge on any atom is -0.490 e. The molecule has 1 aromatic heterocycles. The first-order valence-corrected chi connectivity index (χ1v) is 7.09. The average molecular weight is 340 g/mol. The van der Waals surface area contributed by atoms with Gasteiger partial charge in [-0.15, -0.1) is 5.10 Å². The summed E-state index contributed by atoms with van der Waals surface area (Å²) in [5.74, 6) is 1.37. The first kappa shape index (κ1) is 13.4. The third-order valence-electron chi connectivity index (χ3n) is 3.17. The topological polar surface area (TPSA) is 69.4 Å². The molecule has 1 N–H and O–H groups in total. The van der Waals surface area contributed by atoms with Crippen molar-refractivity contribution < 1.29 is 14.6 Å². The summed E-state index contributed by atoms with van der Waals surface area (Å²) in [6.45, 7) is 1.26. The monoisotopic (exact) mass is 339 g/mol. The van der Waals surface area contributed by atoms with Crippen molar-refractivity contribution in [2.45, 2.75) is 12.5 Å². The number of ether oxygens (including phenoxy) is 2. The molecule has 0 radical (unpaired) electrons. The quantitative estimate of drug-likeness (QED) is 0.903. The minimum atomic E-state index is -0.832. The Kier molecular flexibility index (Phi) is 3.62. The maximum atomic E-state index is 10.5. The molecule has 7 heteroatoms. The van der Waals surface area contributed by atoms with Crippen molar-refractivity contribution in [3.8, 4) is 11.5 Å². The normalized spacial score (nSPS) is 15.8. The number of aliphatic hydroxyl groups is 1. The van der Waals surface area contributed by atoms with Crippen molar-refractivity contribution in [3.63, 3.8) is 0 Å². The van der Waals surface area contributed by atoms with Crippen molar-refractivity contribution in [1.82, 2.24) is 15.0 Å². The number of nitrogens with zero attached hydrogens (tertiary/aromatic N) is 3. The van der Waals surface area contributed by atoms with Gasteiger partial charge < -0.3 is 14.6 Å². The molecule has 106 valence electrons. The Labute approximate surface area is 124 Å². The highest BCUT2D eigenvalue weighted by molar-refractivity contribution is 9.10. The maximum Gasteiger partial charge on any atom is 0.161 e. The molecule has 0 saturated heterocycles. The highest BCUT2D eigenvalue weighted by Crippen LogP contribution is 2.35. The lowest BCUT2D eigenvalue weighted by Gasteiger charge is -2.14. The molecule has 0 spiro atoms. The van der Waals surface area contributed by atoms with Crippen LogP contribution in [-0.2, 0) is 7.05 Å². The molecule has 3 rings (SSSR count). The fourth-order valence-corrected chi connectivity index (χ4v) is 2.68. The fraction of sp³-hybridized carbons (Fsp3) is 0.385. The van der Waals surface area contributed by atoms with Gasteiger partial charge in [0.05, 0.1) is 13.2 Å². The Morgan fingerprint density at radius 3 is 2.75 bits per heavy atom. The number of rotatable bonds is 2. The Bertz CT molecular complexity index is 610. The van der Waals surface area contributed by atoms with Crippen molar-refractivity contribution in [3.05, 3.63) is 34.1 Å². The molecular formula is C13H14BrN3O3. The number of hydrogen-bond acceptors (Lipinski definition) is 5. The van der Waals surface area contributed by atoms with E-state index in [0.29, 0.717) is 40.6 Å². The molecule has 0 amide bonds. The Balaban J connectivity index is 1.96. The molecule has 0 aliphatic carbocycles. The van der Waals surface area contributed by atoms with Crippen LogP contribution in [0.4, 0.5) is 0 Å². The van der Waals surface area contributed by atoms with Gasteiger partial charge in [0.2, 0.25) is 0 Å². The van der Waals surface area contributed by atoms with E-state index in [1.807, 2.05) is 12.1 Å². The number of hydrogen-bond donors (Lipinski definition) is 1. The van der Waals surface area contributed by atoms with Crippen molar-refractivity contribution in [2.75, 3.05) is 13.2 Å².